The minimum absolute atomic E-state index is 0.316. The molecule has 0 radical (unpaired) electrons. The lowest BCUT2D eigenvalue weighted by atomic mass is 10.1. The molecule has 0 aliphatic carbocycles. The summed E-state index contributed by atoms with van der Waals surface area (Å²) in [6.07, 6.45) is -0.605. The summed E-state index contributed by atoms with van der Waals surface area (Å²) in [5.74, 6) is 0. The molecule has 5 heteroatoms. The molecule has 4 nitrogen and oxygen atoms in total. The molecule has 15 heavy (non-hydrogen) atoms. The van der Waals surface area contributed by atoms with Gasteiger partial charge in [-0.2, -0.15) is 5.48 Å². The van der Waals surface area contributed by atoms with E-state index in [1.165, 1.54) is 7.11 Å². The molecule has 0 spiro atoms. The number of methoxy groups -OCH3 is 1. The molecule has 0 atom stereocenters. The van der Waals surface area contributed by atoms with Gasteiger partial charge in [0.15, 0.2) is 0 Å². The predicted octanol–water partition coefficient (Wildman–Crippen LogP) is 2.37. The van der Waals surface area contributed by atoms with Crippen molar-refractivity contribution in [2.45, 2.75) is 11.9 Å². The summed E-state index contributed by atoms with van der Waals surface area (Å²) in [6.45, 7) is 0.316. The molecule has 0 heterocycles. The summed E-state index contributed by atoms with van der Waals surface area (Å²) in [4.78, 5) is 15.7. The van der Waals surface area contributed by atoms with E-state index >= 15 is 0 Å². The van der Waals surface area contributed by atoms with Gasteiger partial charge in [0.05, 0.1) is 7.11 Å². The van der Waals surface area contributed by atoms with Gasteiger partial charge in [-0.1, -0.05) is 40.2 Å². The van der Waals surface area contributed by atoms with Crippen LogP contribution >= 0.6 is 15.9 Å². The lowest BCUT2D eigenvalue weighted by Gasteiger charge is -2.07. The van der Waals surface area contributed by atoms with E-state index in [4.69, 9.17) is 4.84 Å². The third-order valence-corrected chi connectivity index (χ3v) is 2.44. The van der Waals surface area contributed by atoms with Gasteiger partial charge >= 0.3 is 6.09 Å². The Balaban J connectivity index is 2.46. The number of alkyl halides is 1. The van der Waals surface area contributed by atoms with Crippen molar-refractivity contribution in [1.82, 2.24) is 5.48 Å². The Kier molecular flexibility index (Phi) is 5.14. The maximum Gasteiger partial charge on any atom is 0.431 e. The van der Waals surface area contributed by atoms with Gasteiger partial charge in [-0.25, -0.2) is 4.79 Å². The van der Waals surface area contributed by atoms with Gasteiger partial charge in [-0.3, -0.25) is 4.84 Å². The standard InChI is InChI=1S/C10H12BrNO3/c1-14-10(13)12-15-7-9-5-3-2-4-8(9)6-11/h2-5H,6-7H2,1H3,(H,12,13). The number of carbonyl (C=O) groups excluding carboxylic acids is 1. The zero-order chi connectivity index (χ0) is 11.1. The Hall–Kier alpha value is -1.07. The van der Waals surface area contributed by atoms with Gasteiger partial charge in [-0.05, 0) is 11.1 Å². The van der Waals surface area contributed by atoms with Crippen LogP contribution in [-0.4, -0.2) is 13.2 Å². The van der Waals surface area contributed by atoms with Crippen LogP contribution in [0.25, 0.3) is 0 Å². The van der Waals surface area contributed by atoms with E-state index in [0.29, 0.717) is 6.61 Å². The van der Waals surface area contributed by atoms with Crippen LogP contribution in [0.15, 0.2) is 24.3 Å². The number of ether oxygens (including phenoxy) is 1. The van der Waals surface area contributed by atoms with Crippen molar-refractivity contribution in [1.29, 1.82) is 0 Å². The number of benzene rings is 1. The molecule has 1 amide bonds. The quantitative estimate of drug-likeness (QED) is 0.677. The number of amides is 1. The number of halogens is 1. The van der Waals surface area contributed by atoms with Crippen LogP contribution in [0.2, 0.25) is 0 Å². The second-order valence-corrected chi connectivity index (χ2v) is 3.35. The van der Waals surface area contributed by atoms with Crippen LogP contribution in [0, 0.1) is 0 Å². The Morgan fingerprint density at radius 3 is 2.67 bits per heavy atom. The highest BCUT2D eigenvalue weighted by molar-refractivity contribution is 9.08. The van der Waals surface area contributed by atoms with Crippen LogP contribution < -0.4 is 5.48 Å². The van der Waals surface area contributed by atoms with Crippen molar-refractivity contribution in [3.63, 3.8) is 0 Å². The molecule has 0 saturated carbocycles. The molecule has 1 aromatic rings. The minimum Gasteiger partial charge on any atom is -0.451 e. The van der Waals surface area contributed by atoms with E-state index < -0.39 is 6.09 Å². The van der Waals surface area contributed by atoms with Crippen molar-refractivity contribution in [3.8, 4) is 0 Å². The SMILES string of the molecule is COC(=O)NOCc1ccccc1CBr. The van der Waals surface area contributed by atoms with E-state index in [9.17, 15) is 4.79 Å². The molecule has 1 aromatic carbocycles. The van der Waals surface area contributed by atoms with Gasteiger partial charge in [0, 0.05) is 5.33 Å². The molecule has 0 saturated heterocycles. The van der Waals surface area contributed by atoms with Crippen LogP contribution in [0.3, 0.4) is 0 Å². The van der Waals surface area contributed by atoms with Gasteiger partial charge in [0.1, 0.15) is 6.61 Å². The highest BCUT2D eigenvalue weighted by atomic mass is 79.9. The maximum absolute atomic E-state index is 10.7. The molecule has 82 valence electrons. The lowest BCUT2D eigenvalue weighted by molar-refractivity contribution is 0.0248. The zero-order valence-corrected chi connectivity index (χ0v) is 9.91. The molecular formula is C10H12BrNO3. The van der Waals surface area contributed by atoms with Crippen molar-refractivity contribution in [2.75, 3.05) is 7.11 Å². The first-order valence-electron chi connectivity index (χ1n) is 4.36. The van der Waals surface area contributed by atoms with Crippen molar-refractivity contribution >= 4 is 22.0 Å². The van der Waals surface area contributed by atoms with Crippen LogP contribution in [0.5, 0.6) is 0 Å². The average Bonchev–Trinajstić information content (AvgIpc) is 2.29. The van der Waals surface area contributed by atoms with E-state index in [1.807, 2.05) is 24.3 Å². The molecular weight excluding hydrogens is 262 g/mol. The molecule has 1 rings (SSSR count). The second-order valence-electron chi connectivity index (χ2n) is 2.78. The first kappa shape index (κ1) is 12.0. The summed E-state index contributed by atoms with van der Waals surface area (Å²) in [6, 6.07) is 7.80. The third-order valence-electron chi connectivity index (χ3n) is 1.83. The van der Waals surface area contributed by atoms with Crippen molar-refractivity contribution in [3.05, 3.63) is 35.4 Å². The van der Waals surface area contributed by atoms with Gasteiger partial charge in [0.25, 0.3) is 0 Å². The molecule has 0 unspecified atom stereocenters. The van der Waals surface area contributed by atoms with Gasteiger partial charge in [0.2, 0.25) is 0 Å². The first-order valence-corrected chi connectivity index (χ1v) is 5.48. The summed E-state index contributed by atoms with van der Waals surface area (Å²) in [5, 5.41) is 0.755. The Labute approximate surface area is 96.7 Å². The number of rotatable bonds is 4. The highest BCUT2D eigenvalue weighted by Crippen LogP contribution is 2.12. The fourth-order valence-electron chi connectivity index (χ4n) is 1.04. The lowest BCUT2D eigenvalue weighted by Crippen LogP contribution is -2.23. The summed E-state index contributed by atoms with van der Waals surface area (Å²) in [5.41, 5.74) is 4.30. The van der Waals surface area contributed by atoms with Crippen molar-refractivity contribution < 1.29 is 14.4 Å². The topological polar surface area (TPSA) is 47.6 Å². The van der Waals surface area contributed by atoms with Crippen LogP contribution in [0.4, 0.5) is 4.79 Å². The fraction of sp³-hybridized carbons (Fsp3) is 0.300. The number of hydrogen-bond donors (Lipinski definition) is 1. The van der Waals surface area contributed by atoms with E-state index in [-0.39, 0.29) is 0 Å². The molecule has 0 aliphatic rings. The summed E-state index contributed by atoms with van der Waals surface area (Å²) < 4.78 is 4.36. The van der Waals surface area contributed by atoms with E-state index in [0.717, 1.165) is 16.5 Å². The maximum atomic E-state index is 10.7. The Bertz CT molecular complexity index is 330. The smallest absolute Gasteiger partial charge is 0.431 e. The van der Waals surface area contributed by atoms with Crippen LogP contribution in [0.1, 0.15) is 11.1 Å². The summed E-state index contributed by atoms with van der Waals surface area (Å²) >= 11 is 3.38. The monoisotopic (exact) mass is 273 g/mol. The third kappa shape index (κ3) is 3.89. The number of hydroxylamine groups is 1. The highest BCUT2D eigenvalue weighted by Gasteiger charge is 2.02. The van der Waals surface area contributed by atoms with Crippen molar-refractivity contribution in [2.24, 2.45) is 0 Å². The predicted molar refractivity (Wildman–Crippen MR) is 59.4 cm³/mol. The average molecular weight is 274 g/mol. The van der Waals surface area contributed by atoms with E-state index in [1.54, 1.807) is 0 Å². The largest absolute Gasteiger partial charge is 0.451 e. The number of nitrogens with one attached hydrogen (secondary N) is 1. The van der Waals surface area contributed by atoms with E-state index in [2.05, 4.69) is 26.1 Å². The zero-order valence-electron chi connectivity index (χ0n) is 8.33. The van der Waals surface area contributed by atoms with Crippen LogP contribution in [-0.2, 0) is 21.5 Å². The van der Waals surface area contributed by atoms with Gasteiger partial charge < -0.3 is 4.74 Å². The first-order chi connectivity index (χ1) is 7.27. The Morgan fingerprint density at radius 1 is 1.40 bits per heavy atom. The molecule has 0 bridgehead atoms. The fourth-order valence-corrected chi connectivity index (χ4v) is 1.59. The molecule has 0 aromatic heterocycles. The minimum atomic E-state index is -0.605. The summed E-state index contributed by atoms with van der Waals surface area (Å²) in [7, 11) is 1.28. The molecule has 0 fully saturated rings. The normalized spacial score (nSPS) is 9.73. The van der Waals surface area contributed by atoms with Gasteiger partial charge in [-0.15, -0.1) is 0 Å². The number of carbonyl (C=O) groups is 1. The molecule has 0 aliphatic heterocycles. The Morgan fingerprint density at radius 2 is 2.07 bits per heavy atom. The molecule has 1 N–H and O–H groups in total. The number of hydrogen-bond acceptors (Lipinski definition) is 3. The second kappa shape index (κ2) is 6.42.